The summed E-state index contributed by atoms with van der Waals surface area (Å²) in [5, 5.41) is 16.7. The maximum absolute atomic E-state index is 12.7. The number of aliphatic hydroxyl groups excluding tert-OH is 1. The first-order valence-corrected chi connectivity index (χ1v) is 9.92. The Bertz CT molecular complexity index is 654. The zero-order valence-electron chi connectivity index (χ0n) is 17.3. The van der Waals surface area contributed by atoms with Gasteiger partial charge in [0.1, 0.15) is 12.7 Å². The number of carbonyl (C=O) groups excluding carboxylic acids is 1. The van der Waals surface area contributed by atoms with Gasteiger partial charge in [-0.15, -0.1) is 8.75 Å². The molecule has 27 heavy (non-hydrogen) atoms. The number of nitrogens with zero attached hydrogens (tertiary/aromatic N) is 2. The van der Waals surface area contributed by atoms with Gasteiger partial charge in [0.2, 0.25) is 0 Å². The van der Waals surface area contributed by atoms with E-state index in [1.54, 1.807) is 0 Å². The molecule has 1 fully saturated rings. The zero-order chi connectivity index (χ0) is 20.5. The molecular formula is C18H32N4O4S. The van der Waals surface area contributed by atoms with Crippen molar-refractivity contribution in [3.8, 4) is 11.8 Å². The van der Waals surface area contributed by atoms with E-state index in [1.807, 2.05) is 34.6 Å². The van der Waals surface area contributed by atoms with Crippen molar-refractivity contribution in [2.75, 3.05) is 13.2 Å². The summed E-state index contributed by atoms with van der Waals surface area (Å²) in [6.45, 7) is 14.6. The van der Waals surface area contributed by atoms with Gasteiger partial charge in [0, 0.05) is 23.2 Å². The molecule has 1 aliphatic rings. The number of ether oxygens (including phenoxy) is 2. The lowest BCUT2D eigenvalue weighted by Gasteiger charge is -2.27. The van der Waals surface area contributed by atoms with Crippen molar-refractivity contribution in [1.29, 1.82) is 0 Å². The molecule has 0 spiro atoms. The van der Waals surface area contributed by atoms with Gasteiger partial charge in [0.25, 0.3) is 11.8 Å². The predicted molar refractivity (Wildman–Crippen MR) is 104 cm³/mol. The molecule has 1 saturated heterocycles. The molecule has 2 rings (SSSR count). The molecule has 3 N–H and O–H groups in total. The lowest BCUT2D eigenvalue weighted by Crippen LogP contribution is -2.47. The molecule has 0 radical (unpaired) electrons. The second-order valence-electron chi connectivity index (χ2n) is 9.38. The van der Waals surface area contributed by atoms with E-state index in [0.29, 0.717) is 13.0 Å². The van der Waals surface area contributed by atoms with E-state index in [0.717, 1.165) is 11.7 Å². The minimum atomic E-state index is -0.715. The van der Waals surface area contributed by atoms with E-state index in [-0.39, 0.29) is 46.9 Å². The van der Waals surface area contributed by atoms with E-state index in [4.69, 9.17) is 9.47 Å². The van der Waals surface area contributed by atoms with Gasteiger partial charge in [-0.2, -0.15) is 0 Å². The summed E-state index contributed by atoms with van der Waals surface area (Å²) in [5.41, 5.74) is -0.614. The van der Waals surface area contributed by atoms with Crippen LogP contribution in [0.15, 0.2) is 0 Å². The molecule has 1 aromatic heterocycles. The average Bonchev–Trinajstić information content (AvgIpc) is 3.02. The van der Waals surface area contributed by atoms with Crippen LogP contribution in [0.1, 0.15) is 54.9 Å². The van der Waals surface area contributed by atoms with Crippen molar-refractivity contribution in [1.82, 2.24) is 19.4 Å². The normalized spacial score (nSPS) is 22.4. The van der Waals surface area contributed by atoms with Gasteiger partial charge in [-0.05, 0) is 54.9 Å². The van der Waals surface area contributed by atoms with Crippen LogP contribution in [0.2, 0.25) is 0 Å². The van der Waals surface area contributed by atoms with Crippen LogP contribution in [0.5, 0.6) is 11.8 Å². The monoisotopic (exact) mass is 400 g/mol. The Morgan fingerprint density at radius 3 is 2.52 bits per heavy atom. The second kappa shape index (κ2) is 7.98. The second-order valence-corrected chi connectivity index (χ2v) is 9.91. The van der Waals surface area contributed by atoms with Crippen LogP contribution in [0.3, 0.4) is 0 Å². The number of nitrogens with one attached hydrogen (secondary N) is 2. The van der Waals surface area contributed by atoms with E-state index >= 15 is 0 Å². The molecule has 8 nitrogen and oxygen atoms in total. The highest BCUT2D eigenvalue weighted by atomic mass is 32.1. The predicted octanol–water partition coefficient (Wildman–Crippen LogP) is 1.74. The van der Waals surface area contributed by atoms with Gasteiger partial charge in [-0.25, -0.2) is 0 Å². The van der Waals surface area contributed by atoms with Crippen molar-refractivity contribution in [3.63, 3.8) is 0 Å². The molecule has 0 aliphatic carbocycles. The summed E-state index contributed by atoms with van der Waals surface area (Å²) in [4.78, 5) is 12.7. The maximum Gasteiger partial charge on any atom is 0.317 e. The molecule has 1 unspecified atom stereocenters. The fourth-order valence-electron chi connectivity index (χ4n) is 3.30. The van der Waals surface area contributed by atoms with Crippen molar-refractivity contribution in [3.05, 3.63) is 0 Å². The average molecular weight is 401 g/mol. The lowest BCUT2D eigenvalue weighted by molar-refractivity contribution is -0.140. The van der Waals surface area contributed by atoms with Crippen molar-refractivity contribution in [2.45, 2.75) is 77.6 Å². The molecule has 1 aliphatic heterocycles. The fraction of sp³-hybridized carbons (Fsp3) is 0.833. The quantitative estimate of drug-likeness (QED) is 0.595. The Hall–Kier alpha value is -1.29. The summed E-state index contributed by atoms with van der Waals surface area (Å²) >= 11 is 0.905. The molecular weight excluding hydrogens is 368 g/mol. The molecule has 0 saturated carbocycles. The smallest absolute Gasteiger partial charge is 0.317 e. The van der Waals surface area contributed by atoms with Crippen molar-refractivity contribution < 1.29 is 19.4 Å². The van der Waals surface area contributed by atoms with Gasteiger partial charge < -0.3 is 25.2 Å². The fourth-order valence-corrected chi connectivity index (χ4v) is 3.74. The van der Waals surface area contributed by atoms with Crippen LogP contribution in [-0.2, 0) is 4.79 Å². The molecule has 1 aromatic rings. The van der Waals surface area contributed by atoms with E-state index in [9.17, 15) is 9.90 Å². The largest absolute Gasteiger partial charge is 0.470 e. The SMILES string of the molecule is CC(C)(C)NC[C@H](O)COc1nsnc1OC(=O)C1CC(C)(C)NC1(C)C. The number of rotatable bonds is 7. The Balaban J connectivity index is 1.92. The molecule has 0 amide bonds. The first-order chi connectivity index (χ1) is 12.3. The Morgan fingerprint density at radius 2 is 1.96 bits per heavy atom. The maximum atomic E-state index is 12.7. The first kappa shape index (κ1) is 22.0. The Kier molecular flexibility index (Phi) is 6.51. The number of carbonyl (C=O) groups is 1. The summed E-state index contributed by atoms with van der Waals surface area (Å²) < 4.78 is 19.0. The third-order valence-corrected chi connectivity index (χ3v) is 4.93. The minimum absolute atomic E-state index is 0.0303. The van der Waals surface area contributed by atoms with E-state index < -0.39 is 6.10 Å². The topological polar surface area (TPSA) is 106 Å². The number of β-amino-alcohol motifs (C(OH)–C–C–N with tert-alkyl or cyclic N) is 1. The highest BCUT2D eigenvalue weighted by Gasteiger charge is 2.48. The third-order valence-electron chi connectivity index (χ3n) is 4.44. The van der Waals surface area contributed by atoms with Crippen LogP contribution in [-0.4, -0.2) is 55.7 Å². The molecule has 2 heterocycles. The third kappa shape index (κ3) is 6.38. The Morgan fingerprint density at radius 1 is 1.33 bits per heavy atom. The highest BCUT2D eigenvalue weighted by molar-refractivity contribution is 6.99. The molecule has 0 aromatic carbocycles. The lowest BCUT2D eigenvalue weighted by atomic mass is 9.87. The summed E-state index contributed by atoms with van der Waals surface area (Å²) in [7, 11) is 0. The minimum Gasteiger partial charge on any atom is -0.470 e. The number of esters is 1. The molecule has 0 bridgehead atoms. The Labute approximate surface area is 165 Å². The van der Waals surface area contributed by atoms with Crippen molar-refractivity contribution >= 4 is 17.7 Å². The standard InChI is InChI=1S/C18H32N4O4S/c1-16(2,3)19-9-11(23)10-25-13-14(21-27-20-13)26-15(24)12-8-17(4,5)22-18(12,6)7/h11-12,19,22-23H,8-10H2,1-7H3/t11-,12?/m0/s1. The molecule has 9 heteroatoms. The first-order valence-electron chi connectivity index (χ1n) is 9.18. The van der Waals surface area contributed by atoms with Gasteiger partial charge in [-0.1, -0.05) is 0 Å². The van der Waals surface area contributed by atoms with Crippen LogP contribution >= 0.6 is 11.7 Å². The van der Waals surface area contributed by atoms with Crippen LogP contribution in [0.4, 0.5) is 0 Å². The summed E-state index contributed by atoms with van der Waals surface area (Å²) in [6.07, 6.45) is -0.0442. The van der Waals surface area contributed by atoms with Crippen LogP contribution in [0, 0.1) is 5.92 Å². The van der Waals surface area contributed by atoms with E-state index in [2.05, 4.69) is 33.2 Å². The number of aromatic nitrogens is 2. The van der Waals surface area contributed by atoms with Crippen LogP contribution in [0.25, 0.3) is 0 Å². The summed E-state index contributed by atoms with van der Waals surface area (Å²) in [5.74, 6) is -0.470. The van der Waals surface area contributed by atoms with Crippen molar-refractivity contribution in [2.24, 2.45) is 5.92 Å². The van der Waals surface area contributed by atoms with Crippen LogP contribution < -0.4 is 20.1 Å². The van der Waals surface area contributed by atoms with Gasteiger partial charge in [0.05, 0.1) is 17.6 Å². The number of aliphatic hydroxyl groups is 1. The molecule has 2 atom stereocenters. The molecule has 154 valence electrons. The van der Waals surface area contributed by atoms with Gasteiger partial charge >= 0.3 is 5.97 Å². The summed E-state index contributed by atoms with van der Waals surface area (Å²) in [6, 6.07) is 0. The zero-order valence-corrected chi connectivity index (χ0v) is 18.1. The van der Waals surface area contributed by atoms with E-state index in [1.165, 1.54) is 0 Å². The number of hydrogen-bond acceptors (Lipinski definition) is 9. The van der Waals surface area contributed by atoms with Gasteiger partial charge in [-0.3, -0.25) is 4.79 Å². The number of hydrogen-bond donors (Lipinski definition) is 3. The van der Waals surface area contributed by atoms with Gasteiger partial charge in [0.15, 0.2) is 0 Å². The highest BCUT2D eigenvalue weighted by Crippen LogP contribution is 2.37.